The highest BCUT2D eigenvalue weighted by Crippen LogP contribution is 2.37. The molecular weight excluding hydrogens is 384 g/mol. The van der Waals surface area contributed by atoms with Gasteiger partial charge in [0.1, 0.15) is 17.1 Å². The summed E-state index contributed by atoms with van der Waals surface area (Å²) in [6, 6.07) is 17.8. The molecule has 0 fully saturated rings. The van der Waals surface area contributed by atoms with Crippen LogP contribution in [0.4, 0.5) is 0 Å². The fourth-order valence-electron chi connectivity index (χ4n) is 3.31. The fraction of sp³-hybridized carbons (Fsp3) is 0. The quantitative estimate of drug-likeness (QED) is 0.340. The maximum atomic E-state index is 12.9. The van der Waals surface area contributed by atoms with Crippen LogP contribution in [0.2, 0.25) is 0 Å². The number of hydrogen-bond donors (Lipinski definition) is 3. The van der Waals surface area contributed by atoms with E-state index < -0.39 is 11.6 Å². The van der Waals surface area contributed by atoms with E-state index in [2.05, 4.69) is 0 Å². The average molecular weight is 400 g/mol. The van der Waals surface area contributed by atoms with Crippen molar-refractivity contribution in [3.05, 3.63) is 88.8 Å². The minimum atomic E-state index is -1.04. The molecule has 0 aliphatic carbocycles. The van der Waals surface area contributed by atoms with Crippen molar-refractivity contribution in [3.8, 4) is 33.8 Å². The second-order valence-corrected chi connectivity index (χ2v) is 6.66. The van der Waals surface area contributed by atoms with Crippen molar-refractivity contribution in [3.63, 3.8) is 0 Å². The molecule has 1 heterocycles. The molecule has 148 valence electrons. The van der Waals surface area contributed by atoms with E-state index in [0.29, 0.717) is 33.2 Å². The lowest BCUT2D eigenvalue weighted by atomic mass is 9.92. The molecule has 0 saturated carbocycles. The van der Waals surface area contributed by atoms with Gasteiger partial charge in [-0.2, -0.15) is 0 Å². The molecule has 0 spiro atoms. The summed E-state index contributed by atoms with van der Waals surface area (Å²) in [6.07, 6.45) is 2.52. The molecule has 4 rings (SSSR count). The SMILES string of the molecule is O=C(O)/C=C/c1ccc(-c2c(-c3ccc(O)cc3)c(=O)oc3cc(O)ccc23)cc1. The first kappa shape index (κ1) is 19.0. The number of carbonyl (C=O) groups is 1. The Labute approximate surface area is 170 Å². The van der Waals surface area contributed by atoms with Crippen LogP contribution in [0.5, 0.6) is 11.5 Å². The molecule has 0 unspecified atom stereocenters. The number of benzene rings is 3. The summed E-state index contributed by atoms with van der Waals surface area (Å²) in [5.74, 6) is -0.992. The summed E-state index contributed by atoms with van der Waals surface area (Å²) in [4.78, 5) is 23.6. The van der Waals surface area contributed by atoms with Gasteiger partial charge in [-0.05, 0) is 47.0 Å². The third-order valence-corrected chi connectivity index (χ3v) is 4.67. The minimum absolute atomic E-state index is 0.0249. The first-order chi connectivity index (χ1) is 14.4. The minimum Gasteiger partial charge on any atom is -0.508 e. The second-order valence-electron chi connectivity index (χ2n) is 6.66. The Morgan fingerprint density at radius 3 is 2.07 bits per heavy atom. The smallest absolute Gasteiger partial charge is 0.344 e. The normalized spacial score (nSPS) is 11.2. The largest absolute Gasteiger partial charge is 0.508 e. The Bertz CT molecular complexity index is 1330. The van der Waals surface area contributed by atoms with Crippen LogP contribution in [0.25, 0.3) is 39.3 Å². The van der Waals surface area contributed by atoms with Crippen molar-refractivity contribution in [1.29, 1.82) is 0 Å². The number of phenols is 2. The van der Waals surface area contributed by atoms with E-state index in [4.69, 9.17) is 9.52 Å². The van der Waals surface area contributed by atoms with E-state index in [0.717, 1.165) is 6.08 Å². The monoisotopic (exact) mass is 400 g/mol. The molecule has 4 aromatic rings. The molecule has 0 atom stereocenters. The van der Waals surface area contributed by atoms with E-state index in [1.54, 1.807) is 42.5 Å². The van der Waals surface area contributed by atoms with Gasteiger partial charge in [-0.15, -0.1) is 0 Å². The number of aliphatic carboxylic acids is 1. The molecular formula is C24H16O6. The third kappa shape index (κ3) is 3.66. The van der Waals surface area contributed by atoms with Crippen LogP contribution >= 0.6 is 0 Å². The lowest BCUT2D eigenvalue weighted by Gasteiger charge is -2.13. The molecule has 30 heavy (non-hydrogen) atoms. The maximum absolute atomic E-state index is 12.9. The van der Waals surface area contributed by atoms with Gasteiger partial charge in [-0.3, -0.25) is 0 Å². The van der Waals surface area contributed by atoms with E-state index in [1.165, 1.54) is 30.3 Å². The van der Waals surface area contributed by atoms with Crippen molar-refractivity contribution in [2.24, 2.45) is 0 Å². The van der Waals surface area contributed by atoms with Crippen LogP contribution in [0, 0.1) is 0 Å². The predicted molar refractivity (Wildman–Crippen MR) is 113 cm³/mol. The molecule has 6 heteroatoms. The number of hydrogen-bond acceptors (Lipinski definition) is 5. The van der Waals surface area contributed by atoms with Crippen LogP contribution in [-0.4, -0.2) is 21.3 Å². The Morgan fingerprint density at radius 2 is 1.40 bits per heavy atom. The Hall–Kier alpha value is -4.32. The van der Waals surface area contributed by atoms with Crippen LogP contribution in [0.3, 0.4) is 0 Å². The highest BCUT2D eigenvalue weighted by atomic mass is 16.4. The van der Waals surface area contributed by atoms with Gasteiger partial charge in [0.2, 0.25) is 0 Å². The van der Waals surface area contributed by atoms with Gasteiger partial charge in [0.25, 0.3) is 0 Å². The summed E-state index contributed by atoms with van der Waals surface area (Å²) in [6.45, 7) is 0. The summed E-state index contributed by atoms with van der Waals surface area (Å²) in [7, 11) is 0. The molecule has 0 saturated heterocycles. The van der Waals surface area contributed by atoms with Gasteiger partial charge in [0, 0.05) is 23.1 Å². The van der Waals surface area contributed by atoms with Crippen molar-refractivity contribution >= 4 is 23.0 Å². The summed E-state index contributed by atoms with van der Waals surface area (Å²) in [5, 5.41) is 28.8. The molecule has 0 aliphatic heterocycles. The van der Waals surface area contributed by atoms with Crippen LogP contribution in [0.15, 0.2) is 82.0 Å². The van der Waals surface area contributed by atoms with E-state index in [9.17, 15) is 19.8 Å². The highest BCUT2D eigenvalue weighted by molar-refractivity contribution is 6.01. The number of fused-ring (bicyclic) bond motifs is 1. The zero-order chi connectivity index (χ0) is 21.3. The van der Waals surface area contributed by atoms with Crippen molar-refractivity contribution in [2.45, 2.75) is 0 Å². The van der Waals surface area contributed by atoms with Crippen LogP contribution in [0.1, 0.15) is 5.56 Å². The molecule has 0 aliphatic rings. The topological polar surface area (TPSA) is 108 Å². The van der Waals surface area contributed by atoms with Gasteiger partial charge in [-0.1, -0.05) is 36.4 Å². The standard InChI is InChI=1S/C24H16O6/c25-17-8-6-16(7-9-17)23-22(15-4-1-14(2-5-15)3-12-21(27)28)19-11-10-18(26)13-20(19)30-24(23)29/h1-13,25-26H,(H,27,28)/b12-3+. The summed E-state index contributed by atoms with van der Waals surface area (Å²) >= 11 is 0. The third-order valence-electron chi connectivity index (χ3n) is 4.67. The molecule has 3 N–H and O–H groups in total. The highest BCUT2D eigenvalue weighted by Gasteiger charge is 2.18. The number of carboxylic acids is 1. The molecule has 3 aromatic carbocycles. The average Bonchev–Trinajstić information content (AvgIpc) is 2.72. The van der Waals surface area contributed by atoms with Gasteiger partial charge in [0.15, 0.2) is 0 Å². The molecule has 1 aromatic heterocycles. The molecule has 6 nitrogen and oxygen atoms in total. The molecule has 0 radical (unpaired) electrons. The second kappa shape index (κ2) is 7.60. The zero-order valence-electron chi connectivity index (χ0n) is 15.6. The van der Waals surface area contributed by atoms with E-state index in [1.807, 2.05) is 0 Å². The maximum Gasteiger partial charge on any atom is 0.344 e. The Kier molecular flexibility index (Phi) is 4.82. The Morgan fingerprint density at radius 1 is 0.800 bits per heavy atom. The molecule has 0 amide bonds. The van der Waals surface area contributed by atoms with Gasteiger partial charge in [-0.25, -0.2) is 9.59 Å². The summed E-state index contributed by atoms with van der Waals surface area (Å²) in [5.41, 5.74) is 2.58. The first-order valence-electron chi connectivity index (χ1n) is 9.03. The number of carboxylic acid groups (broad SMARTS) is 1. The lowest BCUT2D eigenvalue weighted by Crippen LogP contribution is -2.06. The number of rotatable bonds is 4. The van der Waals surface area contributed by atoms with Gasteiger partial charge in [0.05, 0.1) is 5.56 Å². The van der Waals surface area contributed by atoms with Crippen molar-refractivity contribution in [1.82, 2.24) is 0 Å². The van der Waals surface area contributed by atoms with Crippen molar-refractivity contribution in [2.75, 3.05) is 0 Å². The fourth-order valence-corrected chi connectivity index (χ4v) is 3.31. The van der Waals surface area contributed by atoms with E-state index >= 15 is 0 Å². The number of aromatic hydroxyl groups is 2. The molecule has 0 bridgehead atoms. The summed E-state index contributed by atoms with van der Waals surface area (Å²) < 4.78 is 5.45. The van der Waals surface area contributed by atoms with Crippen LogP contribution < -0.4 is 5.63 Å². The number of phenolic OH excluding ortho intramolecular Hbond substituents is 2. The predicted octanol–water partition coefficient (Wildman–Crippen LogP) is 4.64. The van der Waals surface area contributed by atoms with Crippen molar-refractivity contribution < 1.29 is 24.5 Å². The zero-order valence-corrected chi connectivity index (χ0v) is 15.6. The first-order valence-corrected chi connectivity index (χ1v) is 9.03. The van der Waals surface area contributed by atoms with E-state index in [-0.39, 0.29) is 17.1 Å². The van der Waals surface area contributed by atoms with Gasteiger partial charge >= 0.3 is 11.6 Å². The lowest BCUT2D eigenvalue weighted by molar-refractivity contribution is -0.131. The van der Waals surface area contributed by atoms with Gasteiger partial charge < -0.3 is 19.7 Å². The Balaban J connectivity index is 1.98. The van der Waals surface area contributed by atoms with Crippen LogP contribution in [-0.2, 0) is 4.79 Å².